The van der Waals surface area contributed by atoms with Crippen molar-refractivity contribution in [3.63, 3.8) is 0 Å². The second-order valence-corrected chi connectivity index (χ2v) is 5.93. The molecular weight excluding hydrogens is 238 g/mol. The smallest absolute Gasteiger partial charge is 0.116 e. The van der Waals surface area contributed by atoms with Crippen LogP contribution < -0.4 is 5.32 Å². The van der Waals surface area contributed by atoms with E-state index in [1.165, 1.54) is 33.3 Å². The third kappa shape index (κ3) is 1.69. The van der Waals surface area contributed by atoms with Gasteiger partial charge in [-0.3, -0.25) is 4.98 Å². The monoisotopic (exact) mass is 251 g/mol. The fourth-order valence-electron chi connectivity index (χ4n) is 2.09. The van der Waals surface area contributed by atoms with Gasteiger partial charge in [0.05, 0.1) is 17.2 Å². The van der Waals surface area contributed by atoms with Crippen LogP contribution in [0.5, 0.6) is 0 Å². The van der Waals surface area contributed by atoms with E-state index in [1.807, 2.05) is 30.1 Å². The lowest BCUT2D eigenvalue weighted by Crippen LogP contribution is -2.16. The molecule has 1 unspecified atom stereocenters. The molecule has 84 valence electrons. The molecular formula is C11H13N3S2. The van der Waals surface area contributed by atoms with Crippen LogP contribution in [0.3, 0.4) is 0 Å². The Balaban J connectivity index is 1.95. The number of thiazole rings is 2. The third-order valence-corrected chi connectivity index (χ3v) is 4.95. The first-order valence-corrected chi connectivity index (χ1v) is 7.12. The first-order valence-electron chi connectivity index (χ1n) is 5.42. The maximum Gasteiger partial charge on any atom is 0.116 e. The Hall–Kier alpha value is -0.780. The largest absolute Gasteiger partial charge is 0.307 e. The Morgan fingerprint density at radius 2 is 2.38 bits per heavy atom. The van der Waals surface area contributed by atoms with Gasteiger partial charge in [-0.15, -0.1) is 22.7 Å². The summed E-state index contributed by atoms with van der Waals surface area (Å²) in [7, 11) is 1.98. The minimum atomic E-state index is 0.225. The van der Waals surface area contributed by atoms with Crippen LogP contribution in [0.2, 0.25) is 0 Å². The summed E-state index contributed by atoms with van der Waals surface area (Å²) in [4.78, 5) is 11.6. The molecule has 3 nitrogen and oxygen atoms in total. The van der Waals surface area contributed by atoms with E-state index in [0.29, 0.717) is 0 Å². The molecule has 1 N–H and O–H groups in total. The van der Waals surface area contributed by atoms with Crippen molar-refractivity contribution in [3.05, 3.63) is 32.2 Å². The normalized spacial score (nSPS) is 16.3. The SMILES string of the molecule is CNC(c1cncs1)c1nc2c(s1)CCC2. The van der Waals surface area contributed by atoms with Gasteiger partial charge in [-0.05, 0) is 26.3 Å². The van der Waals surface area contributed by atoms with E-state index >= 15 is 0 Å². The van der Waals surface area contributed by atoms with Crippen LogP contribution in [-0.2, 0) is 12.8 Å². The Morgan fingerprint density at radius 1 is 1.44 bits per heavy atom. The molecule has 2 aromatic heterocycles. The van der Waals surface area contributed by atoms with Gasteiger partial charge in [-0.2, -0.15) is 0 Å². The van der Waals surface area contributed by atoms with Crippen LogP contribution in [0.4, 0.5) is 0 Å². The second kappa shape index (κ2) is 4.24. The first kappa shape index (κ1) is 10.4. The standard InChI is InChI=1S/C11H13N3S2/c1-12-10(9-5-13-6-15-9)11-14-7-3-2-4-8(7)16-11/h5-6,10,12H,2-4H2,1H3. The predicted octanol–water partition coefficient (Wildman–Crippen LogP) is 2.40. The molecule has 0 aliphatic heterocycles. The summed E-state index contributed by atoms with van der Waals surface area (Å²) < 4.78 is 0. The third-order valence-electron chi connectivity index (χ3n) is 2.88. The van der Waals surface area contributed by atoms with E-state index in [1.54, 1.807) is 11.3 Å². The number of hydrogen-bond donors (Lipinski definition) is 1. The fraction of sp³-hybridized carbons (Fsp3) is 0.455. The van der Waals surface area contributed by atoms with E-state index in [2.05, 4.69) is 10.3 Å². The van der Waals surface area contributed by atoms with E-state index in [0.717, 1.165) is 6.42 Å². The summed E-state index contributed by atoms with van der Waals surface area (Å²) in [6.45, 7) is 0. The lowest BCUT2D eigenvalue weighted by atomic mass is 10.3. The quantitative estimate of drug-likeness (QED) is 0.910. The van der Waals surface area contributed by atoms with Crippen LogP contribution in [0.1, 0.15) is 32.9 Å². The zero-order valence-electron chi connectivity index (χ0n) is 9.06. The van der Waals surface area contributed by atoms with Crippen molar-refractivity contribution in [3.8, 4) is 0 Å². The van der Waals surface area contributed by atoms with Crippen molar-refractivity contribution in [2.75, 3.05) is 7.05 Å². The molecule has 2 aromatic rings. The topological polar surface area (TPSA) is 37.8 Å². The molecule has 0 spiro atoms. The van der Waals surface area contributed by atoms with E-state index in [-0.39, 0.29) is 6.04 Å². The highest BCUT2D eigenvalue weighted by Gasteiger charge is 2.22. The zero-order chi connectivity index (χ0) is 11.0. The molecule has 1 aliphatic rings. The van der Waals surface area contributed by atoms with Crippen molar-refractivity contribution in [2.24, 2.45) is 0 Å². The Morgan fingerprint density at radius 3 is 3.06 bits per heavy atom. The minimum Gasteiger partial charge on any atom is -0.307 e. The molecule has 16 heavy (non-hydrogen) atoms. The highest BCUT2D eigenvalue weighted by molar-refractivity contribution is 7.12. The summed E-state index contributed by atoms with van der Waals surface area (Å²) in [5, 5.41) is 4.52. The van der Waals surface area contributed by atoms with Crippen LogP contribution in [0, 0.1) is 0 Å². The van der Waals surface area contributed by atoms with Crippen LogP contribution >= 0.6 is 22.7 Å². The van der Waals surface area contributed by atoms with Crippen molar-refractivity contribution in [1.82, 2.24) is 15.3 Å². The van der Waals surface area contributed by atoms with Gasteiger partial charge in [0.15, 0.2) is 0 Å². The molecule has 0 amide bonds. The van der Waals surface area contributed by atoms with Gasteiger partial charge in [-0.1, -0.05) is 0 Å². The average Bonchev–Trinajstić information content (AvgIpc) is 2.91. The molecule has 1 atom stereocenters. The number of fused-ring (bicyclic) bond motifs is 1. The molecule has 0 aromatic carbocycles. The maximum atomic E-state index is 4.75. The summed E-state index contributed by atoms with van der Waals surface area (Å²) in [5.74, 6) is 0. The van der Waals surface area contributed by atoms with Gasteiger partial charge in [0, 0.05) is 16.0 Å². The number of nitrogens with one attached hydrogen (secondary N) is 1. The van der Waals surface area contributed by atoms with Crippen molar-refractivity contribution in [1.29, 1.82) is 0 Å². The van der Waals surface area contributed by atoms with Gasteiger partial charge < -0.3 is 5.32 Å². The zero-order valence-corrected chi connectivity index (χ0v) is 10.7. The van der Waals surface area contributed by atoms with E-state index in [4.69, 9.17) is 4.98 Å². The highest BCUT2D eigenvalue weighted by Crippen LogP contribution is 2.33. The van der Waals surface area contributed by atoms with Crippen molar-refractivity contribution >= 4 is 22.7 Å². The Kier molecular flexibility index (Phi) is 2.75. The van der Waals surface area contributed by atoms with Gasteiger partial charge in [0.1, 0.15) is 5.01 Å². The van der Waals surface area contributed by atoms with E-state index in [9.17, 15) is 0 Å². The van der Waals surface area contributed by atoms with Crippen LogP contribution in [-0.4, -0.2) is 17.0 Å². The van der Waals surface area contributed by atoms with Gasteiger partial charge >= 0.3 is 0 Å². The van der Waals surface area contributed by atoms with Crippen molar-refractivity contribution < 1.29 is 0 Å². The molecule has 5 heteroatoms. The molecule has 0 saturated heterocycles. The molecule has 0 bridgehead atoms. The predicted molar refractivity (Wildman–Crippen MR) is 67.2 cm³/mol. The summed E-state index contributed by atoms with van der Waals surface area (Å²) in [6.07, 6.45) is 5.58. The molecule has 1 aliphatic carbocycles. The molecule has 0 saturated carbocycles. The van der Waals surface area contributed by atoms with Crippen LogP contribution in [0.25, 0.3) is 0 Å². The highest BCUT2D eigenvalue weighted by atomic mass is 32.1. The fourth-order valence-corrected chi connectivity index (χ4v) is 4.18. The molecule has 3 rings (SSSR count). The lowest BCUT2D eigenvalue weighted by Gasteiger charge is -2.10. The average molecular weight is 251 g/mol. The number of aryl methyl sites for hydroxylation is 2. The molecule has 2 heterocycles. The number of aromatic nitrogens is 2. The Labute approximate surface area is 103 Å². The maximum absolute atomic E-state index is 4.75. The molecule has 0 fully saturated rings. The number of hydrogen-bond acceptors (Lipinski definition) is 5. The number of rotatable bonds is 3. The molecule has 0 radical (unpaired) electrons. The summed E-state index contributed by atoms with van der Waals surface area (Å²) >= 11 is 3.54. The first-order chi connectivity index (χ1) is 7.88. The van der Waals surface area contributed by atoms with Gasteiger partial charge in [0.25, 0.3) is 0 Å². The van der Waals surface area contributed by atoms with Gasteiger partial charge in [-0.25, -0.2) is 4.98 Å². The summed E-state index contributed by atoms with van der Waals surface area (Å²) in [6, 6.07) is 0.225. The summed E-state index contributed by atoms with van der Waals surface area (Å²) in [5.41, 5.74) is 3.20. The van der Waals surface area contributed by atoms with E-state index < -0.39 is 0 Å². The Bertz CT molecular complexity index is 454. The lowest BCUT2D eigenvalue weighted by molar-refractivity contribution is 0.692. The minimum absolute atomic E-state index is 0.225. The van der Waals surface area contributed by atoms with Crippen molar-refractivity contribution in [2.45, 2.75) is 25.3 Å². The van der Waals surface area contributed by atoms with Gasteiger partial charge in [0.2, 0.25) is 0 Å². The number of nitrogens with zero attached hydrogens (tertiary/aromatic N) is 2. The second-order valence-electron chi connectivity index (χ2n) is 3.90. The van der Waals surface area contributed by atoms with Crippen LogP contribution in [0.15, 0.2) is 11.7 Å².